The third-order valence-electron chi connectivity index (χ3n) is 6.95. The fraction of sp³-hybridized carbons (Fsp3) is 0.375. The van der Waals surface area contributed by atoms with Crippen molar-refractivity contribution in [3.63, 3.8) is 0 Å². The van der Waals surface area contributed by atoms with Gasteiger partial charge in [0.05, 0.1) is 5.52 Å². The highest BCUT2D eigenvalue weighted by Gasteiger charge is 2.47. The second-order valence-corrected chi connectivity index (χ2v) is 8.74. The van der Waals surface area contributed by atoms with Crippen molar-refractivity contribution in [1.82, 2.24) is 9.47 Å². The molecule has 1 aliphatic carbocycles. The lowest BCUT2D eigenvalue weighted by Gasteiger charge is -2.30. The summed E-state index contributed by atoms with van der Waals surface area (Å²) in [5, 5.41) is 1.35. The minimum Gasteiger partial charge on any atom is -0.337 e. The summed E-state index contributed by atoms with van der Waals surface area (Å²) in [6.45, 7) is 3.73. The minimum atomic E-state index is -0.0843. The first-order valence-corrected chi connectivity index (χ1v) is 10.2. The van der Waals surface area contributed by atoms with E-state index in [0.717, 1.165) is 45.2 Å². The molecule has 0 N–H and O–H groups in total. The Kier molecular flexibility index (Phi) is 3.01. The molecule has 2 aliphatic heterocycles. The number of benzene rings is 2. The summed E-state index contributed by atoms with van der Waals surface area (Å²) in [5.74, 6) is 0.359. The summed E-state index contributed by atoms with van der Waals surface area (Å²) in [6.07, 6.45) is 5.22. The van der Waals surface area contributed by atoms with Crippen molar-refractivity contribution < 1.29 is 4.79 Å². The third-order valence-corrected chi connectivity index (χ3v) is 6.95. The van der Waals surface area contributed by atoms with Gasteiger partial charge in [0.1, 0.15) is 0 Å². The van der Waals surface area contributed by atoms with Gasteiger partial charge in [0.15, 0.2) is 0 Å². The van der Waals surface area contributed by atoms with E-state index in [-0.39, 0.29) is 5.41 Å². The Morgan fingerprint density at radius 1 is 0.963 bits per heavy atom. The van der Waals surface area contributed by atoms with E-state index in [4.69, 9.17) is 0 Å². The van der Waals surface area contributed by atoms with Crippen molar-refractivity contribution in [2.45, 2.75) is 45.6 Å². The fourth-order valence-electron chi connectivity index (χ4n) is 5.11. The number of carbonyl (C=O) groups excluding carboxylic acids is 1. The summed E-state index contributed by atoms with van der Waals surface area (Å²) in [6, 6.07) is 15.6. The Hall–Kier alpha value is -2.55. The van der Waals surface area contributed by atoms with Gasteiger partial charge in [-0.1, -0.05) is 43.3 Å². The lowest BCUT2D eigenvalue weighted by atomic mass is 9.98. The van der Waals surface area contributed by atoms with E-state index in [2.05, 4.69) is 58.9 Å². The van der Waals surface area contributed by atoms with Crippen LogP contribution in [0.5, 0.6) is 0 Å². The molecule has 0 saturated heterocycles. The summed E-state index contributed by atoms with van der Waals surface area (Å²) in [4.78, 5) is 15.1. The first-order chi connectivity index (χ1) is 13.2. The molecule has 3 heterocycles. The normalized spacial score (nSPS) is 19.4. The molecule has 3 aliphatic rings. The molecule has 2 aromatic carbocycles. The molecule has 1 aromatic heterocycles. The Morgan fingerprint density at radius 3 is 2.59 bits per heavy atom. The average molecular weight is 356 g/mol. The molecule has 3 heteroatoms. The van der Waals surface area contributed by atoms with Crippen LogP contribution in [0.3, 0.4) is 0 Å². The summed E-state index contributed by atoms with van der Waals surface area (Å²) in [7, 11) is 0. The molecular formula is C24H24N2O. The van der Waals surface area contributed by atoms with Gasteiger partial charge in [-0.25, -0.2) is 0 Å². The molecule has 1 saturated carbocycles. The number of rotatable bonds is 1. The molecule has 3 nitrogen and oxygen atoms in total. The highest BCUT2D eigenvalue weighted by molar-refractivity contribution is 5.92. The Labute approximate surface area is 159 Å². The highest BCUT2D eigenvalue weighted by atomic mass is 16.2. The number of carbonyl (C=O) groups is 1. The van der Waals surface area contributed by atoms with E-state index in [9.17, 15) is 4.79 Å². The maximum atomic E-state index is 13.0. The molecule has 0 atom stereocenters. The lowest BCUT2D eigenvalue weighted by Crippen LogP contribution is -2.40. The van der Waals surface area contributed by atoms with E-state index in [1.807, 2.05) is 0 Å². The summed E-state index contributed by atoms with van der Waals surface area (Å²) < 4.78 is 2.52. The molecular weight excluding hydrogens is 332 g/mol. The van der Waals surface area contributed by atoms with Crippen LogP contribution in [-0.4, -0.2) is 21.9 Å². The van der Waals surface area contributed by atoms with Gasteiger partial charge in [0, 0.05) is 47.3 Å². The molecule has 6 rings (SSSR count). The summed E-state index contributed by atoms with van der Waals surface area (Å²) in [5.41, 5.74) is 8.27. The average Bonchev–Trinajstić information content (AvgIpc) is 3.40. The molecule has 0 unspecified atom stereocenters. The van der Waals surface area contributed by atoms with Crippen LogP contribution < -0.4 is 0 Å². The van der Waals surface area contributed by atoms with Crippen molar-refractivity contribution in [3.05, 3.63) is 64.8 Å². The van der Waals surface area contributed by atoms with Crippen LogP contribution in [0.25, 0.3) is 16.6 Å². The number of hydrogen-bond donors (Lipinski definition) is 0. The van der Waals surface area contributed by atoms with Crippen LogP contribution in [0.15, 0.2) is 42.5 Å². The molecule has 0 radical (unpaired) electrons. The first-order valence-electron chi connectivity index (χ1n) is 10.2. The molecule has 3 aromatic rings. The molecule has 1 amide bonds. The second-order valence-electron chi connectivity index (χ2n) is 8.74. The van der Waals surface area contributed by atoms with Crippen LogP contribution in [-0.2, 0) is 30.6 Å². The van der Waals surface area contributed by atoms with Gasteiger partial charge in [0.2, 0.25) is 5.91 Å². The molecule has 136 valence electrons. The van der Waals surface area contributed by atoms with Gasteiger partial charge in [-0.15, -0.1) is 0 Å². The molecule has 27 heavy (non-hydrogen) atoms. The third kappa shape index (κ3) is 2.11. The number of amides is 1. The monoisotopic (exact) mass is 356 g/mol. The van der Waals surface area contributed by atoms with Crippen LogP contribution in [0, 0.1) is 5.41 Å². The van der Waals surface area contributed by atoms with Gasteiger partial charge in [0.25, 0.3) is 0 Å². The smallest absolute Gasteiger partial charge is 0.228 e. The van der Waals surface area contributed by atoms with Crippen LogP contribution in [0.2, 0.25) is 0 Å². The van der Waals surface area contributed by atoms with Gasteiger partial charge in [-0.3, -0.25) is 4.79 Å². The van der Waals surface area contributed by atoms with E-state index in [0.29, 0.717) is 5.91 Å². The lowest BCUT2D eigenvalue weighted by molar-refractivity contribution is -0.137. The van der Waals surface area contributed by atoms with Crippen molar-refractivity contribution in [2.75, 3.05) is 6.54 Å². The predicted octanol–water partition coefficient (Wildman–Crippen LogP) is 4.41. The van der Waals surface area contributed by atoms with Gasteiger partial charge in [-0.05, 0) is 42.9 Å². The number of para-hydroxylation sites is 2. The number of nitrogens with zero attached hydrogens (tertiary/aromatic N) is 2. The predicted molar refractivity (Wildman–Crippen MR) is 107 cm³/mol. The second kappa shape index (κ2) is 5.25. The van der Waals surface area contributed by atoms with E-state index in [1.165, 1.54) is 39.0 Å². The zero-order chi connectivity index (χ0) is 18.2. The zero-order valence-corrected chi connectivity index (χ0v) is 15.8. The van der Waals surface area contributed by atoms with Gasteiger partial charge >= 0.3 is 0 Å². The van der Waals surface area contributed by atoms with E-state index >= 15 is 0 Å². The fourth-order valence-corrected chi connectivity index (χ4v) is 5.11. The van der Waals surface area contributed by atoms with Crippen molar-refractivity contribution in [1.29, 1.82) is 0 Å². The maximum Gasteiger partial charge on any atom is 0.228 e. The molecule has 0 bridgehead atoms. The SMILES string of the molecule is CC1(C(=O)N2CCc3c(c4cccc5c4n3-c3ccccc3CC5)C2)CC1. The summed E-state index contributed by atoms with van der Waals surface area (Å²) >= 11 is 0. The Morgan fingerprint density at radius 2 is 1.74 bits per heavy atom. The van der Waals surface area contributed by atoms with Crippen molar-refractivity contribution in [3.8, 4) is 5.69 Å². The van der Waals surface area contributed by atoms with E-state index in [1.54, 1.807) is 0 Å². The standard InChI is InChI=1S/C24H24N2O/c1-24(12-13-24)23(27)25-14-11-21-19(15-25)18-7-4-6-17-10-9-16-5-2-3-8-20(16)26(21)22(17)18/h2-8H,9-15H2,1H3. The number of aryl methyl sites for hydroxylation is 2. The number of fused-ring (bicyclic) bond motifs is 5. The van der Waals surface area contributed by atoms with E-state index < -0.39 is 0 Å². The quantitative estimate of drug-likeness (QED) is 0.634. The number of aromatic nitrogens is 1. The first kappa shape index (κ1) is 15.5. The minimum absolute atomic E-state index is 0.0843. The van der Waals surface area contributed by atoms with Crippen LogP contribution in [0.1, 0.15) is 42.1 Å². The topological polar surface area (TPSA) is 25.2 Å². The zero-order valence-electron chi connectivity index (χ0n) is 15.8. The highest BCUT2D eigenvalue weighted by Crippen LogP contribution is 2.47. The van der Waals surface area contributed by atoms with Crippen molar-refractivity contribution in [2.24, 2.45) is 5.41 Å². The maximum absolute atomic E-state index is 13.0. The Balaban J connectivity index is 1.56. The largest absolute Gasteiger partial charge is 0.337 e. The van der Waals surface area contributed by atoms with Crippen molar-refractivity contribution >= 4 is 16.8 Å². The molecule has 0 spiro atoms. The molecule has 1 fully saturated rings. The Bertz CT molecular complexity index is 1100. The van der Waals surface area contributed by atoms with Crippen LogP contribution in [0.4, 0.5) is 0 Å². The van der Waals surface area contributed by atoms with Gasteiger partial charge < -0.3 is 9.47 Å². The van der Waals surface area contributed by atoms with Gasteiger partial charge in [-0.2, -0.15) is 0 Å². The number of hydrogen-bond acceptors (Lipinski definition) is 1. The van der Waals surface area contributed by atoms with Crippen LogP contribution >= 0.6 is 0 Å².